The molecule has 1 rings (SSSR count). The average molecular weight is 273 g/mol. The molecule has 0 saturated carbocycles. The largest absolute Gasteiger partial charge is 0.481 e. The quantitative estimate of drug-likeness (QED) is 0.910. The molecule has 98 valence electrons. The summed E-state index contributed by atoms with van der Waals surface area (Å²) in [5.74, 6) is 0.0218. The lowest BCUT2D eigenvalue weighted by Crippen LogP contribution is -2.19. The zero-order valence-electron chi connectivity index (χ0n) is 8.95. The highest BCUT2D eigenvalue weighted by Crippen LogP contribution is 2.21. The first kappa shape index (κ1) is 15.8. The number of halogens is 4. The standard InChI is InChI=1S/C9H11F3N2O2.ClH/c1-15-8-6(4-13)2-3-7(14-8)16-5-9(10,11)12;/h2-3H,4-5,13H2,1H3;1H. The molecule has 0 unspecified atom stereocenters. The third kappa shape index (κ3) is 5.10. The van der Waals surface area contributed by atoms with Gasteiger partial charge < -0.3 is 15.2 Å². The number of alkyl halides is 3. The van der Waals surface area contributed by atoms with Crippen LogP contribution in [0.1, 0.15) is 5.56 Å². The van der Waals surface area contributed by atoms with Crippen LogP contribution in [0, 0.1) is 0 Å². The van der Waals surface area contributed by atoms with E-state index in [0.29, 0.717) is 5.56 Å². The number of hydrogen-bond donors (Lipinski definition) is 1. The van der Waals surface area contributed by atoms with Gasteiger partial charge in [0.1, 0.15) is 0 Å². The molecule has 17 heavy (non-hydrogen) atoms. The molecular formula is C9H12ClF3N2O2. The maximum atomic E-state index is 11.9. The van der Waals surface area contributed by atoms with Gasteiger partial charge in [-0.25, -0.2) is 0 Å². The van der Waals surface area contributed by atoms with E-state index in [4.69, 9.17) is 10.5 Å². The number of rotatable bonds is 4. The second kappa shape index (κ2) is 6.51. The monoisotopic (exact) mass is 272 g/mol. The Bertz CT molecular complexity index is 361. The van der Waals surface area contributed by atoms with Gasteiger partial charge in [-0.2, -0.15) is 18.2 Å². The summed E-state index contributed by atoms with van der Waals surface area (Å²) in [6.45, 7) is -1.19. The molecule has 2 N–H and O–H groups in total. The van der Waals surface area contributed by atoms with Crippen LogP contribution < -0.4 is 15.2 Å². The van der Waals surface area contributed by atoms with E-state index in [9.17, 15) is 13.2 Å². The highest BCUT2D eigenvalue weighted by molar-refractivity contribution is 5.85. The first-order valence-electron chi connectivity index (χ1n) is 4.40. The van der Waals surface area contributed by atoms with Crippen molar-refractivity contribution in [2.45, 2.75) is 12.7 Å². The van der Waals surface area contributed by atoms with Crippen LogP contribution in [0.5, 0.6) is 11.8 Å². The van der Waals surface area contributed by atoms with Gasteiger partial charge in [-0.1, -0.05) is 0 Å². The highest BCUT2D eigenvalue weighted by atomic mass is 35.5. The molecule has 1 heterocycles. The Morgan fingerprint density at radius 1 is 1.35 bits per heavy atom. The Morgan fingerprint density at radius 3 is 2.47 bits per heavy atom. The summed E-state index contributed by atoms with van der Waals surface area (Å²) in [6, 6.07) is 2.83. The minimum absolute atomic E-state index is 0. The molecule has 0 bridgehead atoms. The van der Waals surface area contributed by atoms with Gasteiger partial charge in [0.15, 0.2) is 6.61 Å². The van der Waals surface area contributed by atoms with Crippen molar-refractivity contribution in [1.82, 2.24) is 4.98 Å². The van der Waals surface area contributed by atoms with Crippen LogP contribution in [0.15, 0.2) is 12.1 Å². The molecule has 0 fully saturated rings. The summed E-state index contributed by atoms with van der Waals surface area (Å²) >= 11 is 0. The van der Waals surface area contributed by atoms with E-state index in [1.54, 1.807) is 0 Å². The first-order chi connectivity index (χ1) is 7.46. The number of pyridine rings is 1. The van der Waals surface area contributed by atoms with E-state index in [1.165, 1.54) is 19.2 Å². The zero-order chi connectivity index (χ0) is 12.2. The lowest BCUT2D eigenvalue weighted by molar-refractivity contribution is -0.154. The van der Waals surface area contributed by atoms with Gasteiger partial charge >= 0.3 is 6.18 Å². The number of methoxy groups -OCH3 is 1. The summed E-state index contributed by atoms with van der Waals surface area (Å²) in [4.78, 5) is 3.74. The van der Waals surface area contributed by atoms with E-state index in [1.807, 2.05) is 0 Å². The second-order valence-corrected chi connectivity index (χ2v) is 2.93. The van der Waals surface area contributed by atoms with Gasteiger partial charge in [0.05, 0.1) is 7.11 Å². The van der Waals surface area contributed by atoms with Gasteiger partial charge in [-0.3, -0.25) is 0 Å². The molecule has 8 heteroatoms. The van der Waals surface area contributed by atoms with Crippen LogP contribution in [0.25, 0.3) is 0 Å². The smallest absolute Gasteiger partial charge is 0.422 e. The van der Waals surface area contributed by atoms with Crippen molar-refractivity contribution >= 4 is 12.4 Å². The van der Waals surface area contributed by atoms with Crippen LogP contribution in [0.4, 0.5) is 13.2 Å². The highest BCUT2D eigenvalue weighted by Gasteiger charge is 2.28. The molecule has 0 aliphatic heterocycles. The summed E-state index contributed by atoms with van der Waals surface area (Å²) in [5, 5.41) is 0. The minimum atomic E-state index is -4.39. The SMILES string of the molecule is COc1nc(OCC(F)(F)F)ccc1CN.Cl. The molecule has 4 nitrogen and oxygen atoms in total. The van der Waals surface area contributed by atoms with Crippen molar-refractivity contribution in [2.24, 2.45) is 5.73 Å². The Kier molecular flexibility index (Phi) is 6.04. The van der Waals surface area contributed by atoms with Crippen LogP contribution in [0.3, 0.4) is 0 Å². The van der Waals surface area contributed by atoms with E-state index in [-0.39, 0.29) is 30.7 Å². The number of nitrogens with zero attached hydrogens (tertiary/aromatic N) is 1. The average Bonchev–Trinajstić information content (AvgIpc) is 2.25. The number of aromatic nitrogens is 1. The molecule has 0 aromatic carbocycles. The normalized spacial score (nSPS) is 10.6. The van der Waals surface area contributed by atoms with Gasteiger partial charge in [-0.05, 0) is 6.07 Å². The van der Waals surface area contributed by atoms with Crippen LogP contribution in [0.2, 0.25) is 0 Å². The maximum Gasteiger partial charge on any atom is 0.422 e. The molecule has 0 radical (unpaired) electrons. The van der Waals surface area contributed by atoms with Crippen molar-refractivity contribution in [3.63, 3.8) is 0 Å². The van der Waals surface area contributed by atoms with Gasteiger partial charge in [0.2, 0.25) is 11.8 Å². The molecular weight excluding hydrogens is 261 g/mol. The van der Waals surface area contributed by atoms with Gasteiger partial charge in [-0.15, -0.1) is 12.4 Å². The van der Waals surface area contributed by atoms with Crippen LogP contribution in [-0.4, -0.2) is 24.9 Å². The Balaban J connectivity index is 0.00000256. The first-order valence-corrected chi connectivity index (χ1v) is 4.40. The maximum absolute atomic E-state index is 11.9. The fraction of sp³-hybridized carbons (Fsp3) is 0.444. The lowest BCUT2D eigenvalue weighted by atomic mass is 10.3. The zero-order valence-corrected chi connectivity index (χ0v) is 9.77. The summed E-state index contributed by atoms with van der Waals surface area (Å²) < 4.78 is 44.9. The summed E-state index contributed by atoms with van der Waals surface area (Å²) in [6.07, 6.45) is -4.39. The van der Waals surface area contributed by atoms with E-state index >= 15 is 0 Å². The van der Waals surface area contributed by atoms with Crippen molar-refractivity contribution in [2.75, 3.05) is 13.7 Å². The van der Waals surface area contributed by atoms with E-state index < -0.39 is 12.8 Å². The predicted octanol–water partition coefficient (Wildman–Crippen LogP) is 1.91. The fourth-order valence-electron chi connectivity index (χ4n) is 1.02. The third-order valence-corrected chi connectivity index (χ3v) is 1.71. The van der Waals surface area contributed by atoms with Crippen LogP contribution >= 0.6 is 12.4 Å². The molecule has 0 aliphatic rings. The lowest BCUT2D eigenvalue weighted by Gasteiger charge is -2.10. The molecule has 1 aromatic rings. The minimum Gasteiger partial charge on any atom is -0.481 e. The number of hydrogen-bond acceptors (Lipinski definition) is 4. The molecule has 0 atom stereocenters. The second-order valence-electron chi connectivity index (χ2n) is 2.93. The molecule has 1 aromatic heterocycles. The van der Waals surface area contributed by atoms with E-state index in [0.717, 1.165) is 0 Å². The molecule has 0 spiro atoms. The van der Waals surface area contributed by atoms with Gasteiger partial charge in [0.25, 0.3) is 0 Å². The molecule has 0 amide bonds. The van der Waals surface area contributed by atoms with Crippen molar-refractivity contribution in [3.05, 3.63) is 17.7 Å². The van der Waals surface area contributed by atoms with Crippen molar-refractivity contribution < 1.29 is 22.6 Å². The fourth-order valence-corrected chi connectivity index (χ4v) is 1.02. The number of ether oxygens (including phenoxy) is 2. The molecule has 0 saturated heterocycles. The topological polar surface area (TPSA) is 57.4 Å². The predicted molar refractivity (Wildman–Crippen MR) is 57.5 cm³/mol. The van der Waals surface area contributed by atoms with Crippen molar-refractivity contribution in [1.29, 1.82) is 0 Å². The van der Waals surface area contributed by atoms with Gasteiger partial charge in [0, 0.05) is 18.2 Å². The van der Waals surface area contributed by atoms with Crippen molar-refractivity contribution in [3.8, 4) is 11.8 Å². The summed E-state index contributed by atoms with van der Waals surface area (Å²) in [7, 11) is 1.36. The summed E-state index contributed by atoms with van der Waals surface area (Å²) in [5.41, 5.74) is 5.98. The van der Waals surface area contributed by atoms with E-state index in [2.05, 4.69) is 9.72 Å². The number of nitrogens with two attached hydrogens (primary N) is 1. The van der Waals surface area contributed by atoms with Crippen LogP contribution in [-0.2, 0) is 6.54 Å². The third-order valence-electron chi connectivity index (χ3n) is 1.71. The molecule has 0 aliphatic carbocycles. The Labute approximate surface area is 102 Å². The Hall–Kier alpha value is -1.21. The Morgan fingerprint density at radius 2 is 2.00 bits per heavy atom.